The standard InChI is InChI=1S/C6H11/c1-6-4-2-3-5-6/h2,6H,3-5H2,1H3/q-1. The van der Waals surface area contributed by atoms with Gasteiger partial charge in [0.25, 0.3) is 0 Å². The maximum absolute atomic E-state index is 2.38. The van der Waals surface area contributed by atoms with Crippen LogP contribution in [0.2, 0.25) is 0 Å². The Hall–Kier alpha value is 0. The van der Waals surface area contributed by atoms with Gasteiger partial charge in [0.1, 0.15) is 0 Å². The molecule has 1 atom stereocenters. The van der Waals surface area contributed by atoms with E-state index in [2.05, 4.69) is 13.3 Å². The average Bonchev–Trinajstić information content (AvgIpc) is 1.86. The first kappa shape index (κ1) is 4.17. The Balaban J connectivity index is 2.18. The molecule has 0 amide bonds. The van der Waals surface area contributed by atoms with Crippen molar-refractivity contribution >= 4 is 0 Å². The van der Waals surface area contributed by atoms with Gasteiger partial charge in [0, 0.05) is 0 Å². The monoisotopic (exact) mass is 83.1 g/mol. The number of rotatable bonds is 0. The molecule has 0 bridgehead atoms. The predicted octanol–water partition coefficient (Wildman–Crippen LogP) is 2.01. The summed E-state index contributed by atoms with van der Waals surface area (Å²) < 4.78 is 0. The molecular weight excluding hydrogens is 72.1 g/mol. The first-order chi connectivity index (χ1) is 2.89. The predicted molar refractivity (Wildman–Crippen MR) is 27.3 cm³/mol. The van der Waals surface area contributed by atoms with Gasteiger partial charge in [-0.1, -0.05) is 19.3 Å². The van der Waals surface area contributed by atoms with E-state index in [1.54, 1.807) is 0 Å². The quantitative estimate of drug-likeness (QED) is 0.393. The highest BCUT2D eigenvalue weighted by Crippen LogP contribution is 2.21. The summed E-state index contributed by atoms with van der Waals surface area (Å²) in [5.74, 6) is 0.991. The summed E-state index contributed by atoms with van der Waals surface area (Å²) in [4.78, 5) is 0. The van der Waals surface area contributed by atoms with Crippen LogP contribution in [0.4, 0.5) is 0 Å². The zero-order valence-electron chi connectivity index (χ0n) is 4.28. The van der Waals surface area contributed by atoms with E-state index in [1.807, 2.05) is 0 Å². The van der Waals surface area contributed by atoms with E-state index in [-0.39, 0.29) is 0 Å². The van der Waals surface area contributed by atoms with Gasteiger partial charge in [-0.25, -0.2) is 0 Å². The third-order valence-electron chi connectivity index (χ3n) is 1.43. The lowest BCUT2D eigenvalue weighted by molar-refractivity contribution is 0.620. The molecule has 1 rings (SSSR count). The number of hydrogen-bond donors (Lipinski definition) is 0. The van der Waals surface area contributed by atoms with Crippen molar-refractivity contribution < 1.29 is 0 Å². The van der Waals surface area contributed by atoms with Crippen LogP contribution in [0.15, 0.2) is 0 Å². The molecule has 0 radical (unpaired) electrons. The lowest BCUT2D eigenvalue weighted by atomic mass is 10.2. The second-order valence-corrected chi connectivity index (χ2v) is 2.21. The van der Waals surface area contributed by atoms with E-state index in [0.29, 0.717) is 0 Å². The molecule has 1 aliphatic rings. The molecule has 0 aromatic rings. The minimum Gasteiger partial charge on any atom is -0.328 e. The molecule has 0 saturated heterocycles. The highest BCUT2D eigenvalue weighted by Gasteiger charge is 1.98. The maximum Gasteiger partial charge on any atom is -0.0650 e. The van der Waals surface area contributed by atoms with Crippen molar-refractivity contribution in [1.29, 1.82) is 0 Å². The van der Waals surface area contributed by atoms with Crippen LogP contribution in [0.5, 0.6) is 0 Å². The average molecular weight is 83.2 g/mol. The van der Waals surface area contributed by atoms with Gasteiger partial charge in [-0.05, 0) is 0 Å². The van der Waals surface area contributed by atoms with Crippen molar-refractivity contribution in [3.8, 4) is 0 Å². The summed E-state index contributed by atoms with van der Waals surface area (Å²) >= 11 is 0. The molecule has 6 heavy (non-hydrogen) atoms. The summed E-state index contributed by atoms with van der Waals surface area (Å²) in [6.07, 6.45) is 6.53. The largest absolute Gasteiger partial charge is 0.328 e. The second-order valence-electron chi connectivity index (χ2n) is 2.21. The minimum absolute atomic E-state index is 0.991. The fourth-order valence-electron chi connectivity index (χ4n) is 0.923. The van der Waals surface area contributed by atoms with Gasteiger partial charge in [-0.15, -0.1) is 0 Å². The van der Waals surface area contributed by atoms with Crippen molar-refractivity contribution in [1.82, 2.24) is 0 Å². The van der Waals surface area contributed by atoms with E-state index in [1.165, 1.54) is 19.3 Å². The topological polar surface area (TPSA) is 0 Å². The van der Waals surface area contributed by atoms with E-state index in [0.717, 1.165) is 5.92 Å². The fraction of sp³-hybridized carbons (Fsp3) is 0.833. The number of hydrogen-bond acceptors (Lipinski definition) is 0. The molecule has 0 aromatic carbocycles. The van der Waals surface area contributed by atoms with Gasteiger partial charge >= 0.3 is 0 Å². The molecule has 1 aliphatic carbocycles. The molecular formula is C6H11-. The van der Waals surface area contributed by atoms with Gasteiger partial charge in [-0.2, -0.15) is 12.8 Å². The van der Waals surface area contributed by atoms with Crippen LogP contribution in [0, 0.1) is 12.3 Å². The van der Waals surface area contributed by atoms with Crippen LogP contribution < -0.4 is 0 Å². The minimum atomic E-state index is 0.991. The molecule has 36 valence electrons. The zero-order chi connectivity index (χ0) is 4.41. The first-order valence-corrected chi connectivity index (χ1v) is 2.71. The van der Waals surface area contributed by atoms with E-state index in [4.69, 9.17) is 0 Å². The van der Waals surface area contributed by atoms with Gasteiger partial charge < -0.3 is 6.42 Å². The van der Waals surface area contributed by atoms with Crippen LogP contribution in [0.25, 0.3) is 0 Å². The smallest absolute Gasteiger partial charge is 0.0650 e. The van der Waals surface area contributed by atoms with Crippen LogP contribution in [-0.2, 0) is 0 Å². The molecule has 0 aliphatic heterocycles. The van der Waals surface area contributed by atoms with Gasteiger partial charge in [-0.3, -0.25) is 0 Å². The van der Waals surface area contributed by atoms with Gasteiger partial charge in [0.05, 0.1) is 0 Å². The molecule has 1 unspecified atom stereocenters. The Morgan fingerprint density at radius 2 is 2.50 bits per heavy atom. The van der Waals surface area contributed by atoms with E-state index in [9.17, 15) is 0 Å². The maximum atomic E-state index is 2.38. The third kappa shape index (κ3) is 0.735. The lowest BCUT2D eigenvalue weighted by Gasteiger charge is -1.97. The molecule has 0 N–H and O–H groups in total. The summed E-state index contributed by atoms with van der Waals surface area (Å²) in [6, 6.07) is 0. The fourth-order valence-corrected chi connectivity index (χ4v) is 0.923. The van der Waals surface area contributed by atoms with Crippen molar-refractivity contribution in [2.24, 2.45) is 5.92 Å². The molecule has 1 saturated carbocycles. The second kappa shape index (κ2) is 1.63. The van der Waals surface area contributed by atoms with Crippen LogP contribution >= 0.6 is 0 Å². The summed E-state index contributed by atoms with van der Waals surface area (Å²) in [6.45, 7) is 2.31. The van der Waals surface area contributed by atoms with Crippen LogP contribution in [0.3, 0.4) is 0 Å². The Bertz CT molecular complexity index is 33.3. The normalized spacial score (nSPS) is 34.5. The summed E-state index contributed by atoms with van der Waals surface area (Å²) in [7, 11) is 0. The molecule has 0 heteroatoms. The molecule has 0 spiro atoms. The van der Waals surface area contributed by atoms with Crippen molar-refractivity contribution in [2.45, 2.75) is 26.2 Å². The van der Waals surface area contributed by atoms with Gasteiger partial charge in [0.2, 0.25) is 0 Å². The molecule has 0 nitrogen and oxygen atoms in total. The highest BCUT2D eigenvalue weighted by molar-refractivity contribution is 4.77. The van der Waals surface area contributed by atoms with Crippen LogP contribution in [-0.4, -0.2) is 0 Å². The van der Waals surface area contributed by atoms with Crippen LogP contribution in [0.1, 0.15) is 26.2 Å². The van der Waals surface area contributed by atoms with E-state index >= 15 is 0 Å². The molecule has 0 aromatic heterocycles. The van der Waals surface area contributed by atoms with Crippen molar-refractivity contribution in [3.05, 3.63) is 6.42 Å². The first-order valence-electron chi connectivity index (χ1n) is 2.71. The Kier molecular flexibility index (Phi) is 1.13. The highest BCUT2D eigenvalue weighted by atomic mass is 14.1. The van der Waals surface area contributed by atoms with Crippen molar-refractivity contribution in [3.63, 3.8) is 0 Å². The lowest BCUT2D eigenvalue weighted by Crippen LogP contribution is -1.78. The Morgan fingerprint density at radius 3 is 2.67 bits per heavy atom. The van der Waals surface area contributed by atoms with Crippen molar-refractivity contribution in [2.75, 3.05) is 0 Å². The van der Waals surface area contributed by atoms with Gasteiger partial charge in [0.15, 0.2) is 0 Å². The SMILES string of the molecule is CC1C[CH-]CC1. The summed E-state index contributed by atoms with van der Waals surface area (Å²) in [5.41, 5.74) is 0. The van der Waals surface area contributed by atoms with E-state index < -0.39 is 0 Å². The third-order valence-corrected chi connectivity index (χ3v) is 1.43. The zero-order valence-corrected chi connectivity index (χ0v) is 4.28. The summed E-state index contributed by atoms with van der Waals surface area (Å²) in [5, 5.41) is 0. The molecule has 1 fully saturated rings. The Morgan fingerprint density at radius 1 is 1.67 bits per heavy atom. The molecule has 0 heterocycles. The Labute approximate surface area is 39.6 Å².